The van der Waals surface area contributed by atoms with Crippen molar-refractivity contribution in [1.82, 2.24) is 14.2 Å². The minimum absolute atomic E-state index is 0.283. The molecule has 0 bridgehead atoms. The zero-order valence-electron chi connectivity index (χ0n) is 12.9. The van der Waals surface area contributed by atoms with Gasteiger partial charge in [-0.3, -0.25) is 19.6 Å². The topological polar surface area (TPSA) is 99.1 Å². The van der Waals surface area contributed by atoms with Gasteiger partial charge in [0, 0.05) is 0 Å². The van der Waals surface area contributed by atoms with E-state index in [2.05, 4.69) is 10.4 Å². The minimum atomic E-state index is -0.639. The Hall–Kier alpha value is -3.68. The highest BCUT2D eigenvalue weighted by molar-refractivity contribution is 5.85. The molecule has 0 spiro atoms. The third-order valence-corrected chi connectivity index (χ3v) is 3.79. The van der Waals surface area contributed by atoms with Crippen LogP contribution in [0.25, 0.3) is 22.0 Å². The van der Waals surface area contributed by atoms with Crippen LogP contribution in [0, 0.1) is 0 Å². The first-order valence-electron chi connectivity index (χ1n) is 7.48. The Labute approximate surface area is 139 Å². The van der Waals surface area contributed by atoms with Crippen molar-refractivity contribution in [3.05, 3.63) is 75.8 Å². The zero-order chi connectivity index (χ0) is 17.4. The predicted octanol–water partition coefficient (Wildman–Crippen LogP) is 1.07. The summed E-state index contributed by atoms with van der Waals surface area (Å²) < 4.78 is 7.27. The molecule has 4 rings (SSSR count). The fourth-order valence-electron chi connectivity index (χ4n) is 2.63. The molecule has 2 aromatic carbocycles. The molecule has 0 saturated heterocycles. The van der Waals surface area contributed by atoms with Crippen molar-refractivity contribution in [3.63, 3.8) is 0 Å². The number of nitrogens with one attached hydrogen (secondary N) is 1. The van der Waals surface area contributed by atoms with E-state index < -0.39 is 17.2 Å². The van der Waals surface area contributed by atoms with E-state index in [1.165, 1.54) is 10.9 Å². The number of para-hydroxylation sites is 3. The maximum Gasteiger partial charge on any atom is 0.420 e. The largest absolute Gasteiger partial charge is 0.420 e. The smallest absolute Gasteiger partial charge is 0.408 e. The van der Waals surface area contributed by atoms with Crippen molar-refractivity contribution in [1.29, 1.82) is 0 Å². The molecule has 0 aliphatic rings. The number of benzene rings is 2. The third kappa shape index (κ3) is 2.59. The molecule has 8 nitrogen and oxygen atoms in total. The number of aromatic nitrogens is 3. The van der Waals surface area contributed by atoms with Gasteiger partial charge in [0.15, 0.2) is 5.58 Å². The normalized spacial score (nSPS) is 11.0. The Balaban J connectivity index is 1.64. The molecule has 25 heavy (non-hydrogen) atoms. The Bertz CT molecular complexity index is 1220. The third-order valence-electron chi connectivity index (χ3n) is 3.79. The van der Waals surface area contributed by atoms with E-state index in [0.717, 1.165) is 4.68 Å². The van der Waals surface area contributed by atoms with Crippen LogP contribution in [0.5, 0.6) is 0 Å². The van der Waals surface area contributed by atoms with Gasteiger partial charge >= 0.3 is 5.76 Å². The molecule has 0 atom stereocenters. The van der Waals surface area contributed by atoms with Gasteiger partial charge in [-0.15, -0.1) is 0 Å². The molecule has 0 fully saturated rings. The highest BCUT2D eigenvalue weighted by Gasteiger charge is 2.13. The molecule has 4 aromatic rings. The first-order valence-corrected chi connectivity index (χ1v) is 7.48. The van der Waals surface area contributed by atoms with Crippen LogP contribution in [0.4, 0.5) is 0 Å². The summed E-state index contributed by atoms with van der Waals surface area (Å²) in [5.41, 5.74) is 3.47. The quantitative estimate of drug-likeness (QED) is 0.603. The lowest BCUT2D eigenvalue weighted by Gasteiger charge is -2.08. The summed E-state index contributed by atoms with van der Waals surface area (Å²) in [7, 11) is 0. The Kier molecular flexibility index (Phi) is 3.42. The summed E-state index contributed by atoms with van der Waals surface area (Å²) in [4.78, 5) is 40.7. The summed E-state index contributed by atoms with van der Waals surface area (Å²) in [6, 6.07) is 13.6. The van der Waals surface area contributed by atoms with E-state index >= 15 is 0 Å². The van der Waals surface area contributed by atoms with Crippen LogP contribution in [-0.2, 0) is 11.3 Å². The van der Waals surface area contributed by atoms with Crippen LogP contribution < -0.4 is 16.7 Å². The predicted molar refractivity (Wildman–Crippen MR) is 90.8 cm³/mol. The van der Waals surface area contributed by atoms with Gasteiger partial charge in [-0.25, -0.2) is 14.5 Å². The fraction of sp³-hybridized carbons (Fsp3) is 0.0588. The number of hydrogen-bond acceptors (Lipinski definition) is 5. The van der Waals surface area contributed by atoms with Gasteiger partial charge < -0.3 is 4.42 Å². The highest BCUT2D eigenvalue weighted by Crippen LogP contribution is 2.11. The molecule has 0 saturated carbocycles. The summed E-state index contributed by atoms with van der Waals surface area (Å²) in [6.45, 7) is -0.283. The van der Waals surface area contributed by atoms with Crippen molar-refractivity contribution < 1.29 is 9.21 Å². The van der Waals surface area contributed by atoms with Crippen LogP contribution in [0.15, 0.2) is 68.9 Å². The number of nitrogens with zero attached hydrogens (tertiary/aromatic N) is 3. The number of hydrogen-bond donors (Lipinski definition) is 1. The van der Waals surface area contributed by atoms with Crippen molar-refractivity contribution in [3.8, 4) is 0 Å². The van der Waals surface area contributed by atoms with Crippen molar-refractivity contribution in [2.75, 3.05) is 5.43 Å². The van der Waals surface area contributed by atoms with Crippen LogP contribution in [0.1, 0.15) is 0 Å². The van der Waals surface area contributed by atoms with Gasteiger partial charge in [-0.2, -0.15) is 0 Å². The second-order valence-electron chi connectivity index (χ2n) is 5.39. The van der Waals surface area contributed by atoms with E-state index in [0.29, 0.717) is 22.0 Å². The van der Waals surface area contributed by atoms with Gasteiger partial charge in [-0.1, -0.05) is 24.3 Å². The van der Waals surface area contributed by atoms with Crippen LogP contribution in [-0.4, -0.2) is 20.1 Å². The number of carbonyl (C=O) groups excluding carboxylic acids is 1. The lowest BCUT2D eigenvalue weighted by molar-refractivity contribution is -0.117. The maximum atomic E-state index is 12.4. The van der Waals surface area contributed by atoms with Crippen LogP contribution in [0.2, 0.25) is 0 Å². The highest BCUT2D eigenvalue weighted by atomic mass is 16.4. The monoisotopic (exact) mass is 336 g/mol. The molecule has 0 radical (unpaired) electrons. The molecular formula is C17H12N4O4. The molecule has 8 heteroatoms. The molecular weight excluding hydrogens is 324 g/mol. The van der Waals surface area contributed by atoms with Crippen molar-refractivity contribution >= 4 is 27.9 Å². The molecule has 124 valence electrons. The number of amides is 1. The lowest BCUT2D eigenvalue weighted by atomic mass is 10.2. The maximum absolute atomic E-state index is 12.4. The first kappa shape index (κ1) is 14.9. The molecule has 2 heterocycles. The second-order valence-corrected chi connectivity index (χ2v) is 5.39. The SMILES string of the molecule is O=C(Cn1c(=O)oc2ccccc21)Nn1cnc2ccccc2c1=O. The minimum Gasteiger partial charge on any atom is -0.408 e. The molecule has 0 aliphatic heterocycles. The van der Waals surface area contributed by atoms with E-state index in [-0.39, 0.29) is 6.54 Å². The first-order chi connectivity index (χ1) is 12.1. The van der Waals surface area contributed by atoms with E-state index in [1.807, 2.05) is 0 Å². The van der Waals surface area contributed by atoms with E-state index in [1.54, 1.807) is 48.5 Å². The standard InChI is InChI=1S/C17H12N4O4/c22-15(9-20-13-7-3-4-8-14(13)25-17(20)24)19-21-10-18-12-6-2-1-5-11(12)16(21)23/h1-8,10H,9H2,(H,19,22). The zero-order valence-corrected chi connectivity index (χ0v) is 12.9. The van der Waals surface area contributed by atoms with Crippen molar-refractivity contribution in [2.24, 2.45) is 0 Å². The number of fused-ring (bicyclic) bond motifs is 2. The van der Waals surface area contributed by atoms with Crippen LogP contribution in [0.3, 0.4) is 0 Å². The van der Waals surface area contributed by atoms with Gasteiger partial charge in [0.05, 0.1) is 16.4 Å². The summed E-state index contributed by atoms with van der Waals surface area (Å²) >= 11 is 0. The van der Waals surface area contributed by atoms with Gasteiger partial charge in [0.25, 0.3) is 11.5 Å². The van der Waals surface area contributed by atoms with Gasteiger partial charge in [0.2, 0.25) is 0 Å². The average Bonchev–Trinajstić information content (AvgIpc) is 2.93. The van der Waals surface area contributed by atoms with Crippen LogP contribution >= 0.6 is 0 Å². The van der Waals surface area contributed by atoms with Gasteiger partial charge in [0.1, 0.15) is 12.9 Å². The average molecular weight is 336 g/mol. The molecule has 0 unspecified atom stereocenters. The molecule has 1 N–H and O–H groups in total. The summed E-state index contributed by atoms with van der Waals surface area (Å²) in [5, 5.41) is 0.385. The Morgan fingerprint density at radius 3 is 2.72 bits per heavy atom. The second kappa shape index (κ2) is 5.75. The van der Waals surface area contributed by atoms with Crippen molar-refractivity contribution in [2.45, 2.75) is 6.54 Å². The summed E-state index contributed by atoms with van der Waals surface area (Å²) in [6.07, 6.45) is 1.23. The van der Waals surface area contributed by atoms with Gasteiger partial charge in [-0.05, 0) is 24.3 Å². The fourth-order valence-corrected chi connectivity index (χ4v) is 2.63. The lowest BCUT2D eigenvalue weighted by Crippen LogP contribution is -2.36. The Morgan fingerprint density at radius 1 is 1.08 bits per heavy atom. The summed E-state index contributed by atoms with van der Waals surface area (Å²) in [5.74, 6) is -1.19. The van der Waals surface area contributed by atoms with E-state index in [9.17, 15) is 14.4 Å². The number of carbonyl (C=O) groups is 1. The molecule has 0 aliphatic carbocycles. The molecule has 2 aromatic heterocycles. The number of oxazole rings is 1. The molecule has 1 amide bonds. The Morgan fingerprint density at radius 2 is 1.84 bits per heavy atom. The van der Waals surface area contributed by atoms with E-state index in [4.69, 9.17) is 4.42 Å². The number of rotatable bonds is 3.